The zero-order valence-corrected chi connectivity index (χ0v) is 19.1. The maximum Gasteiger partial charge on any atom is 0.261 e. The van der Waals surface area contributed by atoms with E-state index in [2.05, 4.69) is 20.3 Å². The summed E-state index contributed by atoms with van der Waals surface area (Å²) in [6.45, 7) is 2.23. The van der Waals surface area contributed by atoms with Crippen LogP contribution in [0.3, 0.4) is 0 Å². The summed E-state index contributed by atoms with van der Waals surface area (Å²) in [5.41, 5.74) is 1.76. The molecule has 0 aliphatic rings. The van der Waals surface area contributed by atoms with Gasteiger partial charge in [-0.15, -0.1) is 11.3 Å². The van der Waals surface area contributed by atoms with Crippen molar-refractivity contribution in [1.29, 1.82) is 0 Å². The van der Waals surface area contributed by atoms with Crippen LogP contribution in [-0.2, 0) is 6.54 Å². The number of nitrogens with zero attached hydrogens (tertiary/aromatic N) is 3. The summed E-state index contributed by atoms with van der Waals surface area (Å²) in [7, 11) is 1.61. The Labute approximate surface area is 193 Å². The van der Waals surface area contributed by atoms with E-state index in [1.807, 2.05) is 37.3 Å². The van der Waals surface area contributed by atoms with E-state index < -0.39 is 0 Å². The number of aryl methyl sites for hydroxylation is 1. The van der Waals surface area contributed by atoms with Crippen molar-refractivity contribution in [2.75, 3.05) is 12.9 Å². The Bertz CT molecular complexity index is 1270. The molecule has 3 heterocycles. The fourth-order valence-electron chi connectivity index (χ4n) is 3.01. The number of Topliss-reactive ketones (excluding diaryl/α,β-unsaturated/α-hetero) is 1. The first-order valence-corrected chi connectivity index (χ1v) is 11.6. The van der Waals surface area contributed by atoms with Crippen LogP contribution in [0.4, 0.5) is 0 Å². The topological polar surface area (TPSA) is 94.1 Å². The molecule has 32 heavy (non-hydrogen) atoms. The maximum atomic E-state index is 12.8. The quantitative estimate of drug-likeness (QED) is 0.236. The Hall–Kier alpha value is -3.30. The minimum absolute atomic E-state index is 0.0551. The maximum absolute atomic E-state index is 12.8. The number of hydrogen-bond acceptors (Lipinski definition) is 8. The number of ketones is 1. The summed E-state index contributed by atoms with van der Waals surface area (Å²) in [4.78, 5) is 39.1. The number of thioether (sulfide) groups is 1. The van der Waals surface area contributed by atoms with Crippen LogP contribution in [0.2, 0.25) is 0 Å². The lowest BCUT2D eigenvalue weighted by Crippen LogP contribution is -2.21. The fourth-order valence-corrected chi connectivity index (χ4v) is 4.90. The van der Waals surface area contributed by atoms with Crippen LogP contribution in [-0.4, -0.2) is 39.5 Å². The second-order valence-electron chi connectivity index (χ2n) is 6.87. The third-order valence-electron chi connectivity index (χ3n) is 4.63. The number of ether oxygens (including phenoxy) is 1. The van der Waals surface area contributed by atoms with E-state index in [1.54, 1.807) is 31.6 Å². The Morgan fingerprint density at radius 2 is 1.84 bits per heavy atom. The van der Waals surface area contributed by atoms with Crippen molar-refractivity contribution in [3.63, 3.8) is 0 Å². The number of carbonyl (C=O) groups excluding carboxylic acids is 2. The van der Waals surface area contributed by atoms with Crippen molar-refractivity contribution in [2.45, 2.75) is 18.5 Å². The van der Waals surface area contributed by atoms with Gasteiger partial charge in [0, 0.05) is 24.3 Å². The second-order valence-corrected chi connectivity index (χ2v) is 8.92. The van der Waals surface area contributed by atoms with Crippen LogP contribution >= 0.6 is 23.1 Å². The molecule has 1 amide bonds. The highest BCUT2D eigenvalue weighted by Gasteiger charge is 2.16. The van der Waals surface area contributed by atoms with Crippen LogP contribution < -0.4 is 10.1 Å². The second kappa shape index (κ2) is 9.88. The van der Waals surface area contributed by atoms with E-state index in [4.69, 9.17) is 4.74 Å². The van der Waals surface area contributed by atoms with Gasteiger partial charge in [-0.25, -0.2) is 9.97 Å². The Morgan fingerprint density at radius 1 is 1.06 bits per heavy atom. The summed E-state index contributed by atoms with van der Waals surface area (Å²) < 4.78 is 5.30. The van der Waals surface area contributed by atoms with Gasteiger partial charge in [0.1, 0.15) is 16.6 Å². The number of pyridine rings is 1. The van der Waals surface area contributed by atoms with E-state index in [-0.39, 0.29) is 17.4 Å². The molecule has 0 aliphatic carbocycles. The molecule has 0 radical (unpaired) electrons. The normalized spacial score (nSPS) is 10.8. The molecule has 0 fully saturated rings. The highest BCUT2D eigenvalue weighted by Crippen LogP contribution is 2.29. The van der Waals surface area contributed by atoms with E-state index in [0.717, 1.165) is 21.5 Å². The number of aromatic nitrogens is 3. The summed E-state index contributed by atoms with van der Waals surface area (Å²) in [6.07, 6.45) is 3.36. The molecule has 0 saturated carbocycles. The van der Waals surface area contributed by atoms with Crippen molar-refractivity contribution >= 4 is 45.7 Å². The first kappa shape index (κ1) is 21.9. The number of amides is 1. The number of hydrogen-bond donors (Lipinski definition) is 1. The smallest absolute Gasteiger partial charge is 0.261 e. The molecule has 4 rings (SSSR count). The lowest BCUT2D eigenvalue weighted by Gasteiger charge is -2.08. The fraction of sp³-hybridized carbons (Fsp3) is 0.174. The van der Waals surface area contributed by atoms with Crippen LogP contribution in [0.1, 0.15) is 30.7 Å². The summed E-state index contributed by atoms with van der Waals surface area (Å²) >= 11 is 2.55. The van der Waals surface area contributed by atoms with Crippen LogP contribution in [0.5, 0.6) is 5.75 Å². The van der Waals surface area contributed by atoms with Crippen molar-refractivity contribution in [1.82, 2.24) is 20.3 Å². The van der Waals surface area contributed by atoms with Crippen LogP contribution in [0.25, 0.3) is 10.9 Å². The van der Waals surface area contributed by atoms with Crippen molar-refractivity contribution in [3.8, 4) is 5.75 Å². The molecule has 7 nitrogen and oxygen atoms in total. The van der Waals surface area contributed by atoms with Gasteiger partial charge in [-0.2, -0.15) is 0 Å². The van der Waals surface area contributed by atoms with Crippen LogP contribution in [0.15, 0.2) is 59.9 Å². The van der Waals surface area contributed by atoms with Gasteiger partial charge in [0.05, 0.1) is 28.1 Å². The molecule has 0 saturated heterocycles. The Morgan fingerprint density at radius 3 is 2.62 bits per heavy atom. The van der Waals surface area contributed by atoms with Gasteiger partial charge in [-0.1, -0.05) is 11.8 Å². The molecule has 0 unspecified atom stereocenters. The third-order valence-corrected chi connectivity index (χ3v) is 6.74. The molecule has 9 heteroatoms. The van der Waals surface area contributed by atoms with Gasteiger partial charge in [0.2, 0.25) is 0 Å². The van der Waals surface area contributed by atoms with Gasteiger partial charge in [0.25, 0.3) is 5.91 Å². The highest BCUT2D eigenvalue weighted by atomic mass is 32.2. The van der Waals surface area contributed by atoms with Crippen molar-refractivity contribution < 1.29 is 14.3 Å². The average Bonchev–Trinajstić information content (AvgIpc) is 3.32. The van der Waals surface area contributed by atoms with Gasteiger partial charge in [-0.05, 0) is 55.0 Å². The first-order valence-electron chi connectivity index (χ1n) is 9.79. The van der Waals surface area contributed by atoms with Gasteiger partial charge >= 0.3 is 0 Å². The predicted molar refractivity (Wildman–Crippen MR) is 126 cm³/mol. The zero-order chi connectivity index (χ0) is 22.5. The molecule has 0 bridgehead atoms. The molecule has 0 aliphatic heterocycles. The molecule has 1 N–H and O–H groups in total. The molecule has 162 valence electrons. The molecule has 3 aromatic heterocycles. The average molecular weight is 465 g/mol. The number of rotatable bonds is 8. The van der Waals surface area contributed by atoms with E-state index in [0.29, 0.717) is 27.9 Å². The van der Waals surface area contributed by atoms with Crippen molar-refractivity contribution in [3.05, 3.63) is 76.0 Å². The lowest BCUT2D eigenvalue weighted by molar-refractivity contribution is 0.0954. The highest BCUT2D eigenvalue weighted by molar-refractivity contribution is 8.00. The van der Waals surface area contributed by atoms with Gasteiger partial charge < -0.3 is 10.1 Å². The number of nitrogens with one attached hydrogen (secondary N) is 1. The summed E-state index contributed by atoms with van der Waals surface area (Å²) in [6, 6.07) is 12.7. The minimum atomic E-state index is -0.206. The standard InChI is InChI=1S/C23H20N4O3S2/c1-14-26-18-4-3-16(30-2)11-17(18)23(27-14)31-13-19(28)20-5-6-21(32-20)22(29)25-12-15-7-9-24-10-8-15/h3-11H,12-13H2,1-2H3,(H,25,29). The SMILES string of the molecule is COc1ccc2nc(C)nc(SCC(=O)c3ccc(C(=O)NCc4ccncc4)s3)c2c1. The summed E-state index contributed by atoms with van der Waals surface area (Å²) in [5, 5.41) is 4.43. The van der Waals surface area contributed by atoms with E-state index in [1.165, 1.54) is 23.1 Å². The number of thiophene rings is 1. The summed E-state index contributed by atoms with van der Waals surface area (Å²) in [5.74, 6) is 1.30. The van der Waals surface area contributed by atoms with E-state index in [9.17, 15) is 9.59 Å². The zero-order valence-electron chi connectivity index (χ0n) is 17.5. The molecular weight excluding hydrogens is 444 g/mol. The molecular formula is C23H20N4O3S2. The number of carbonyl (C=O) groups is 2. The monoisotopic (exact) mass is 464 g/mol. The van der Waals surface area contributed by atoms with Gasteiger partial charge in [0.15, 0.2) is 5.78 Å². The van der Waals surface area contributed by atoms with Gasteiger partial charge in [-0.3, -0.25) is 14.6 Å². The number of benzene rings is 1. The number of methoxy groups -OCH3 is 1. The molecule has 0 spiro atoms. The Kier molecular flexibility index (Phi) is 6.77. The van der Waals surface area contributed by atoms with E-state index >= 15 is 0 Å². The predicted octanol–water partition coefficient (Wildman–Crippen LogP) is 4.31. The molecule has 0 atom stereocenters. The third kappa shape index (κ3) is 5.12. The number of fused-ring (bicyclic) bond motifs is 1. The molecule has 1 aromatic carbocycles. The minimum Gasteiger partial charge on any atom is -0.497 e. The Balaban J connectivity index is 1.42. The first-order chi connectivity index (χ1) is 15.5. The molecule has 4 aromatic rings. The lowest BCUT2D eigenvalue weighted by atomic mass is 10.2. The largest absolute Gasteiger partial charge is 0.497 e. The van der Waals surface area contributed by atoms with Crippen molar-refractivity contribution in [2.24, 2.45) is 0 Å². The van der Waals surface area contributed by atoms with Crippen LogP contribution in [0, 0.1) is 6.92 Å².